The highest BCUT2D eigenvalue weighted by atomic mass is 16.4. The van der Waals surface area contributed by atoms with E-state index in [-0.39, 0.29) is 18.9 Å². The number of imide groups is 1. The fraction of sp³-hybridized carbons (Fsp3) is 0.786. The van der Waals surface area contributed by atoms with Crippen LogP contribution in [0.2, 0.25) is 0 Å². The van der Waals surface area contributed by atoms with Gasteiger partial charge in [0.15, 0.2) is 0 Å². The fourth-order valence-corrected chi connectivity index (χ4v) is 3.06. The molecule has 2 aliphatic rings. The SMILES string of the molecule is CC(C)CN1CCC2(CC1)NC(=O)N(CCC(=O)O)C2=O. The van der Waals surface area contributed by atoms with Crippen LogP contribution in [0.1, 0.15) is 33.1 Å². The third kappa shape index (κ3) is 3.34. The van der Waals surface area contributed by atoms with Gasteiger partial charge in [0, 0.05) is 26.2 Å². The molecule has 0 unspecified atom stereocenters. The van der Waals surface area contributed by atoms with Crippen molar-refractivity contribution in [1.82, 2.24) is 15.1 Å². The average Bonchev–Trinajstić information content (AvgIpc) is 2.62. The minimum Gasteiger partial charge on any atom is -0.481 e. The number of urea groups is 1. The normalized spacial score (nSPS) is 22.1. The van der Waals surface area contributed by atoms with Gasteiger partial charge in [0.2, 0.25) is 0 Å². The molecule has 7 nitrogen and oxygen atoms in total. The first-order valence-corrected chi connectivity index (χ1v) is 7.42. The molecule has 0 aromatic carbocycles. The second-order valence-corrected chi connectivity index (χ2v) is 6.31. The zero-order chi connectivity index (χ0) is 15.6. The first-order valence-electron chi connectivity index (χ1n) is 7.42. The first kappa shape index (κ1) is 15.8. The largest absolute Gasteiger partial charge is 0.481 e. The van der Waals surface area contributed by atoms with Crippen LogP contribution >= 0.6 is 0 Å². The molecule has 2 N–H and O–H groups in total. The lowest BCUT2D eigenvalue weighted by molar-refractivity contribution is -0.138. The quantitative estimate of drug-likeness (QED) is 0.721. The highest BCUT2D eigenvalue weighted by Crippen LogP contribution is 2.29. The van der Waals surface area contributed by atoms with Crippen molar-refractivity contribution in [3.05, 3.63) is 0 Å². The van der Waals surface area contributed by atoms with E-state index in [1.807, 2.05) is 0 Å². The molecule has 21 heavy (non-hydrogen) atoms. The Kier molecular flexibility index (Phi) is 4.51. The predicted molar refractivity (Wildman–Crippen MR) is 75.7 cm³/mol. The maximum absolute atomic E-state index is 12.5. The Balaban J connectivity index is 1.97. The molecular weight excluding hydrogens is 274 g/mol. The summed E-state index contributed by atoms with van der Waals surface area (Å²) in [5, 5.41) is 11.5. The number of aliphatic carboxylic acids is 1. The van der Waals surface area contributed by atoms with E-state index in [1.54, 1.807) is 0 Å². The summed E-state index contributed by atoms with van der Waals surface area (Å²) in [7, 11) is 0. The molecule has 0 aromatic heterocycles. The van der Waals surface area contributed by atoms with Gasteiger partial charge in [-0.05, 0) is 18.8 Å². The smallest absolute Gasteiger partial charge is 0.325 e. The summed E-state index contributed by atoms with van der Waals surface area (Å²) in [6.45, 7) is 6.79. The Bertz CT molecular complexity index is 442. The van der Waals surface area contributed by atoms with Crippen molar-refractivity contribution in [3.8, 4) is 0 Å². The van der Waals surface area contributed by atoms with E-state index in [0.717, 1.165) is 24.5 Å². The van der Waals surface area contributed by atoms with E-state index >= 15 is 0 Å². The lowest BCUT2D eigenvalue weighted by Crippen LogP contribution is -2.55. The molecule has 0 bridgehead atoms. The van der Waals surface area contributed by atoms with Gasteiger partial charge in [-0.3, -0.25) is 14.5 Å². The summed E-state index contributed by atoms with van der Waals surface area (Å²) in [4.78, 5) is 38.3. The van der Waals surface area contributed by atoms with Crippen LogP contribution in [0.4, 0.5) is 4.79 Å². The van der Waals surface area contributed by atoms with E-state index in [9.17, 15) is 14.4 Å². The van der Waals surface area contributed by atoms with Crippen molar-refractivity contribution in [2.45, 2.75) is 38.6 Å². The molecule has 2 aliphatic heterocycles. The van der Waals surface area contributed by atoms with E-state index in [0.29, 0.717) is 18.8 Å². The summed E-state index contributed by atoms with van der Waals surface area (Å²) in [5.74, 6) is -0.707. The van der Waals surface area contributed by atoms with Gasteiger partial charge in [-0.15, -0.1) is 0 Å². The molecule has 0 aromatic rings. The van der Waals surface area contributed by atoms with E-state index < -0.39 is 17.5 Å². The van der Waals surface area contributed by atoms with Crippen molar-refractivity contribution in [3.63, 3.8) is 0 Å². The Hall–Kier alpha value is -1.63. The number of rotatable bonds is 5. The number of carbonyl (C=O) groups is 3. The van der Waals surface area contributed by atoms with E-state index in [4.69, 9.17) is 5.11 Å². The number of carboxylic acids is 1. The van der Waals surface area contributed by atoms with E-state index in [1.165, 1.54) is 0 Å². The van der Waals surface area contributed by atoms with Crippen molar-refractivity contribution < 1.29 is 19.5 Å². The van der Waals surface area contributed by atoms with Crippen molar-refractivity contribution in [1.29, 1.82) is 0 Å². The van der Waals surface area contributed by atoms with Gasteiger partial charge in [0.25, 0.3) is 5.91 Å². The van der Waals surface area contributed by atoms with Gasteiger partial charge in [0.05, 0.1) is 6.42 Å². The van der Waals surface area contributed by atoms with Crippen LogP contribution in [0.3, 0.4) is 0 Å². The number of hydrogen-bond donors (Lipinski definition) is 2. The van der Waals surface area contributed by atoms with Crippen LogP contribution < -0.4 is 5.32 Å². The molecule has 0 saturated carbocycles. The topological polar surface area (TPSA) is 90.0 Å². The van der Waals surface area contributed by atoms with Crippen molar-refractivity contribution in [2.75, 3.05) is 26.2 Å². The standard InChI is InChI=1S/C14H23N3O4/c1-10(2)9-16-7-4-14(5-8-16)12(20)17(13(21)15-14)6-3-11(18)19/h10H,3-9H2,1-2H3,(H,15,21)(H,18,19). The lowest BCUT2D eigenvalue weighted by Gasteiger charge is -2.37. The minimum absolute atomic E-state index is 0.0581. The monoisotopic (exact) mass is 297 g/mol. The van der Waals surface area contributed by atoms with Gasteiger partial charge in [-0.2, -0.15) is 0 Å². The molecular formula is C14H23N3O4. The van der Waals surface area contributed by atoms with Gasteiger partial charge in [-0.25, -0.2) is 4.79 Å². The van der Waals surface area contributed by atoms with Crippen LogP contribution in [0.15, 0.2) is 0 Å². The molecule has 1 spiro atoms. The number of nitrogens with zero attached hydrogens (tertiary/aromatic N) is 2. The number of likely N-dealkylation sites (tertiary alicyclic amines) is 1. The molecule has 0 aliphatic carbocycles. The third-order valence-electron chi connectivity index (χ3n) is 4.13. The zero-order valence-corrected chi connectivity index (χ0v) is 12.6. The summed E-state index contributed by atoms with van der Waals surface area (Å²) in [6, 6.07) is -0.460. The second-order valence-electron chi connectivity index (χ2n) is 6.31. The number of hydrogen-bond acceptors (Lipinski definition) is 4. The summed E-state index contributed by atoms with van der Waals surface area (Å²) < 4.78 is 0. The molecule has 2 heterocycles. The Labute approximate surface area is 124 Å². The Morgan fingerprint density at radius 1 is 1.33 bits per heavy atom. The van der Waals surface area contributed by atoms with Gasteiger partial charge in [0.1, 0.15) is 5.54 Å². The van der Waals surface area contributed by atoms with Crippen molar-refractivity contribution in [2.24, 2.45) is 5.92 Å². The number of amides is 3. The third-order valence-corrected chi connectivity index (χ3v) is 4.13. The molecule has 2 fully saturated rings. The molecule has 0 atom stereocenters. The van der Waals surface area contributed by atoms with Crippen LogP contribution in [0.25, 0.3) is 0 Å². The van der Waals surface area contributed by atoms with E-state index in [2.05, 4.69) is 24.1 Å². The highest BCUT2D eigenvalue weighted by molar-refractivity contribution is 6.07. The molecule has 7 heteroatoms. The number of piperidine rings is 1. The highest BCUT2D eigenvalue weighted by Gasteiger charge is 2.52. The zero-order valence-electron chi connectivity index (χ0n) is 12.6. The number of nitrogens with one attached hydrogen (secondary N) is 1. The van der Waals surface area contributed by atoms with Crippen LogP contribution in [-0.2, 0) is 9.59 Å². The maximum atomic E-state index is 12.5. The summed E-state index contributed by atoms with van der Waals surface area (Å²) >= 11 is 0. The number of carbonyl (C=O) groups excluding carboxylic acids is 2. The van der Waals surface area contributed by atoms with Crippen LogP contribution in [-0.4, -0.2) is 64.5 Å². The first-order chi connectivity index (χ1) is 9.84. The predicted octanol–water partition coefficient (Wildman–Crippen LogP) is 0.504. The Morgan fingerprint density at radius 3 is 2.48 bits per heavy atom. The van der Waals surface area contributed by atoms with Gasteiger partial charge < -0.3 is 15.3 Å². The molecule has 2 rings (SSSR count). The van der Waals surface area contributed by atoms with Crippen LogP contribution in [0, 0.1) is 5.92 Å². The van der Waals surface area contributed by atoms with Gasteiger partial charge >= 0.3 is 12.0 Å². The summed E-state index contributed by atoms with van der Waals surface area (Å²) in [5.41, 5.74) is -0.816. The summed E-state index contributed by atoms with van der Waals surface area (Å²) in [6.07, 6.45) is 0.969. The number of carboxylic acid groups (broad SMARTS) is 1. The van der Waals surface area contributed by atoms with Crippen molar-refractivity contribution >= 4 is 17.9 Å². The molecule has 118 valence electrons. The molecule has 3 amide bonds. The Morgan fingerprint density at radius 2 is 1.95 bits per heavy atom. The van der Waals surface area contributed by atoms with Gasteiger partial charge in [-0.1, -0.05) is 13.8 Å². The fourth-order valence-electron chi connectivity index (χ4n) is 3.06. The maximum Gasteiger partial charge on any atom is 0.325 e. The van der Waals surface area contributed by atoms with Crippen LogP contribution in [0.5, 0.6) is 0 Å². The average molecular weight is 297 g/mol. The minimum atomic E-state index is -1.01. The lowest BCUT2D eigenvalue weighted by atomic mass is 9.87. The molecule has 2 saturated heterocycles. The molecule has 0 radical (unpaired) electrons. The second kappa shape index (κ2) is 6.01.